The van der Waals surface area contributed by atoms with Crippen molar-refractivity contribution in [1.29, 1.82) is 0 Å². The number of benzene rings is 1. The number of nitrogens with two attached hydrogens (primary N) is 1. The molecule has 0 saturated heterocycles. The van der Waals surface area contributed by atoms with Crippen molar-refractivity contribution in [2.45, 2.75) is 19.4 Å². The lowest BCUT2D eigenvalue weighted by Crippen LogP contribution is -2.11. The van der Waals surface area contributed by atoms with Crippen LogP contribution >= 0.6 is 0 Å². The zero-order chi connectivity index (χ0) is 12.8. The molecule has 1 aromatic rings. The number of phenols is 1. The predicted molar refractivity (Wildman–Crippen MR) is 69.4 cm³/mol. The average Bonchev–Trinajstić information content (AvgIpc) is 2.28. The maximum atomic E-state index is 9.99. The van der Waals surface area contributed by atoms with Gasteiger partial charge in [-0.1, -0.05) is 6.07 Å². The molecule has 96 valence electrons. The first-order valence-electron chi connectivity index (χ1n) is 5.82. The molecule has 0 heterocycles. The van der Waals surface area contributed by atoms with Gasteiger partial charge in [0, 0.05) is 6.54 Å². The van der Waals surface area contributed by atoms with Gasteiger partial charge in [-0.25, -0.2) is 0 Å². The molecule has 0 aromatic heterocycles. The molecule has 0 radical (unpaired) electrons. The highest BCUT2D eigenvalue weighted by atomic mass is 16.5. The third-order valence-electron chi connectivity index (χ3n) is 2.58. The number of ether oxygens (including phenoxy) is 1. The number of rotatable bonds is 6. The van der Waals surface area contributed by atoms with E-state index in [2.05, 4.69) is 4.90 Å². The fraction of sp³-hybridized carbons (Fsp3) is 0.538. The van der Waals surface area contributed by atoms with Crippen LogP contribution in [0.3, 0.4) is 0 Å². The fourth-order valence-electron chi connectivity index (χ4n) is 1.82. The molecule has 3 N–H and O–H groups in total. The monoisotopic (exact) mass is 238 g/mol. The summed E-state index contributed by atoms with van der Waals surface area (Å²) in [5.74, 6) is 0.778. The third-order valence-corrected chi connectivity index (χ3v) is 2.58. The van der Waals surface area contributed by atoms with E-state index >= 15 is 0 Å². The van der Waals surface area contributed by atoms with E-state index in [1.807, 2.05) is 26.2 Å². The van der Waals surface area contributed by atoms with E-state index in [1.165, 1.54) is 0 Å². The first-order valence-corrected chi connectivity index (χ1v) is 5.82. The molecule has 4 nitrogen and oxygen atoms in total. The summed E-state index contributed by atoms with van der Waals surface area (Å²) in [4.78, 5) is 2.08. The fourth-order valence-corrected chi connectivity index (χ4v) is 1.82. The van der Waals surface area contributed by atoms with Gasteiger partial charge in [0.25, 0.3) is 0 Å². The summed E-state index contributed by atoms with van der Waals surface area (Å²) in [6.45, 7) is 1.45. The van der Waals surface area contributed by atoms with E-state index in [0.717, 1.165) is 30.5 Å². The molecule has 4 heteroatoms. The molecule has 1 aromatic carbocycles. The van der Waals surface area contributed by atoms with E-state index < -0.39 is 0 Å². The van der Waals surface area contributed by atoms with Crippen LogP contribution in [-0.4, -0.2) is 37.8 Å². The Hall–Kier alpha value is -1.26. The quantitative estimate of drug-likeness (QED) is 0.785. The van der Waals surface area contributed by atoms with Gasteiger partial charge in [-0.3, -0.25) is 0 Å². The maximum absolute atomic E-state index is 9.99. The highest BCUT2D eigenvalue weighted by Crippen LogP contribution is 2.32. The lowest BCUT2D eigenvalue weighted by molar-refractivity contribution is 0.365. The number of hydrogen-bond acceptors (Lipinski definition) is 4. The summed E-state index contributed by atoms with van der Waals surface area (Å²) in [6, 6.07) is 3.90. The van der Waals surface area contributed by atoms with Crippen molar-refractivity contribution in [3.63, 3.8) is 0 Å². The van der Waals surface area contributed by atoms with Gasteiger partial charge in [0.2, 0.25) is 0 Å². The Labute approximate surface area is 103 Å². The van der Waals surface area contributed by atoms with Crippen LogP contribution in [0.2, 0.25) is 0 Å². The molecule has 0 spiro atoms. The second-order valence-corrected chi connectivity index (χ2v) is 4.44. The number of hydrogen-bond donors (Lipinski definition) is 2. The summed E-state index contributed by atoms with van der Waals surface area (Å²) >= 11 is 0. The van der Waals surface area contributed by atoms with E-state index in [-0.39, 0.29) is 5.75 Å². The minimum Gasteiger partial charge on any atom is -0.504 e. The number of phenolic OH excluding ortho intramolecular Hbond substituents is 1. The van der Waals surface area contributed by atoms with E-state index in [4.69, 9.17) is 10.5 Å². The average molecular weight is 238 g/mol. The normalized spacial score (nSPS) is 10.9. The van der Waals surface area contributed by atoms with Crippen LogP contribution in [0, 0.1) is 0 Å². The Balaban J connectivity index is 3.00. The minimum absolute atomic E-state index is 0.239. The Kier molecular flexibility index (Phi) is 5.25. The summed E-state index contributed by atoms with van der Waals surface area (Å²) in [5.41, 5.74) is 7.54. The standard InChI is InChI=1S/C13H22N2O2/c1-15(2)9-10-7-11(5-4-6-14)13(16)12(8-10)17-3/h7-8,16H,4-6,9,14H2,1-3H3. The predicted octanol–water partition coefficient (Wildman–Crippen LogP) is 1.35. The second kappa shape index (κ2) is 6.47. The van der Waals surface area contributed by atoms with Gasteiger partial charge in [-0.15, -0.1) is 0 Å². The van der Waals surface area contributed by atoms with E-state index in [0.29, 0.717) is 12.3 Å². The van der Waals surface area contributed by atoms with Crippen molar-refractivity contribution in [2.24, 2.45) is 5.73 Å². The van der Waals surface area contributed by atoms with Gasteiger partial charge in [0.05, 0.1) is 7.11 Å². The molecule has 17 heavy (non-hydrogen) atoms. The second-order valence-electron chi connectivity index (χ2n) is 4.44. The molecule has 1 rings (SSSR count). The summed E-state index contributed by atoms with van der Waals surface area (Å²) < 4.78 is 5.19. The van der Waals surface area contributed by atoms with Gasteiger partial charge in [0.1, 0.15) is 0 Å². The smallest absolute Gasteiger partial charge is 0.161 e. The molecular weight excluding hydrogens is 216 g/mol. The van der Waals surface area contributed by atoms with Crippen molar-refractivity contribution in [3.05, 3.63) is 23.3 Å². The zero-order valence-electron chi connectivity index (χ0n) is 10.9. The van der Waals surface area contributed by atoms with Crippen LogP contribution < -0.4 is 10.5 Å². The lowest BCUT2D eigenvalue weighted by Gasteiger charge is -2.15. The molecule has 0 fully saturated rings. The molecule has 0 amide bonds. The molecule has 0 saturated carbocycles. The van der Waals surface area contributed by atoms with E-state index in [1.54, 1.807) is 7.11 Å². The van der Waals surface area contributed by atoms with Crippen LogP contribution in [0.1, 0.15) is 17.5 Å². The maximum Gasteiger partial charge on any atom is 0.161 e. The highest BCUT2D eigenvalue weighted by molar-refractivity contribution is 5.48. The summed E-state index contributed by atoms with van der Waals surface area (Å²) in [7, 11) is 5.60. The van der Waals surface area contributed by atoms with Crippen molar-refractivity contribution < 1.29 is 9.84 Å². The Morgan fingerprint density at radius 1 is 1.35 bits per heavy atom. The van der Waals surface area contributed by atoms with E-state index in [9.17, 15) is 5.11 Å². The van der Waals surface area contributed by atoms with Crippen LogP contribution in [0.15, 0.2) is 12.1 Å². The van der Waals surface area contributed by atoms with Crippen molar-refractivity contribution >= 4 is 0 Å². The van der Waals surface area contributed by atoms with Crippen LogP contribution in [-0.2, 0) is 13.0 Å². The van der Waals surface area contributed by atoms with Crippen LogP contribution in [0.4, 0.5) is 0 Å². The van der Waals surface area contributed by atoms with Crippen molar-refractivity contribution in [2.75, 3.05) is 27.7 Å². The molecule has 0 bridgehead atoms. The summed E-state index contributed by atoms with van der Waals surface area (Å²) in [6.07, 6.45) is 1.64. The third kappa shape index (κ3) is 3.91. The largest absolute Gasteiger partial charge is 0.504 e. The topological polar surface area (TPSA) is 58.7 Å². The summed E-state index contributed by atoms with van der Waals surface area (Å²) in [5, 5.41) is 9.99. The van der Waals surface area contributed by atoms with Gasteiger partial charge >= 0.3 is 0 Å². The van der Waals surface area contributed by atoms with Crippen molar-refractivity contribution in [1.82, 2.24) is 4.90 Å². The lowest BCUT2D eigenvalue weighted by atomic mass is 10.0. The molecule has 0 unspecified atom stereocenters. The van der Waals surface area contributed by atoms with Crippen molar-refractivity contribution in [3.8, 4) is 11.5 Å². The zero-order valence-corrected chi connectivity index (χ0v) is 10.9. The van der Waals surface area contributed by atoms with Gasteiger partial charge in [0.15, 0.2) is 11.5 Å². The number of methoxy groups -OCH3 is 1. The van der Waals surface area contributed by atoms with Gasteiger partial charge < -0.3 is 20.5 Å². The minimum atomic E-state index is 0.239. The SMILES string of the molecule is COc1cc(CN(C)C)cc(CCCN)c1O. The Morgan fingerprint density at radius 3 is 2.59 bits per heavy atom. The van der Waals surface area contributed by atoms with Gasteiger partial charge in [-0.2, -0.15) is 0 Å². The number of aromatic hydroxyl groups is 1. The Morgan fingerprint density at radius 2 is 2.06 bits per heavy atom. The first kappa shape index (κ1) is 13.8. The highest BCUT2D eigenvalue weighted by Gasteiger charge is 2.10. The molecular formula is C13H22N2O2. The Bertz CT molecular complexity index is 365. The van der Waals surface area contributed by atoms with Gasteiger partial charge in [-0.05, 0) is 50.7 Å². The number of aryl methyl sites for hydroxylation is 1. The molecule has 0 aliphatic heterocycles. The van der Waals surface area contributed by atoms with Crippen LogP contribution in [0.5, 0.6) is 11.5 Å². The molecule has 0 aliphatic carbocycles. The molecule has 0 aliphatic rings. The van der Waals surface area contributed by atoms with Crippen LogP contribution in [0.25, 0.3) is 0 Å². The number of nitrogens with zero attached hydrogens (tertiary/aromatic N) is 1. The molecule has 0 atom stereocenters. The first-order chi connectivity index (χ1) is 8.08.